The summed E-state index contributed by atoms with van der Waals surface area (Å²) in [6, 6.07) is 0. The monoisotopic (exact) mass is 253 g/mol. The molecule has 0 amide bonds. The SMILES string of the molecule is CCOB(OCC)[C@H]1CCCC[C@@H]1CCN=[N+]=[N-]. The molecule has 0 heterocycles. The topological polar surface area (TPSA) is 67.2 Å². The zero-order valence-corrected chi connectivity index (χ0v) is 11.5. The van der Waals surface area contributed by atoms with E-state index in [9.17, 15) is 0 Å². The normalized spacial score (nSPS) is 23.4. The van der Waals surface area contributed by atoms with Gasteiger partial charge in [0.1, 0.15) is 0 Å². The van der Waals surface area contributed by atoms with E-state index in [1.54, 1.807) is 0 Å². The fraction of sp³-hybridized carbons (Fsp3) is 1.00. The van der Waals surface area contributed by atoms with E-state index in [0.29, 0.717) is 31.5 Å². The summed E-state index contributed by atoms with van der Waals surface area (Å²) < 4.78 is 11.5. The summed E-state index contributed by atoms with van der Waals surface area (Å²) in [5.74, 6) is 1.01. The van der Waals surface area contributed by atoms with Crippen LogP contribution >= 0.6 is 0 Å². The predicted octanol–water partition coefficient (Wildman–Crippen LogP) is 3.81. The maximum atomic E-state index is 8.35. The van der Waals surface area contributed by atoms with Crippen LogP contribution < -0.4 is 0 Å². The number of rotatable bonds is 8. The Hall–Kier alpha value is -0.705. The van der Waals surface area contributed by atoms with Gasteiger partial charge in [0.15, 0.2) is 0 Å². The maximum absolute atomic E-state index is 8.35. The van der Waals surface area contributed by atoms with E-state index < -0.39 is 0 Å². The van der Waals surface area contributed by atoms with Gasteiger partial charge in [-0.05, 0) is 37.5 Å². The summed E-state index contributed by atoms with van der Waals surface area (Å²) in [7, 11) is -0.0867. The van der Waals surface area contributed by atoms with Gasteiger partial charge in [-0.3, -0.25) is 0 Å². The third-order valence-electron chi connectivity index (χ3n) is 3.64. The van der Waals surface area contributed by atoms with Crippen LogP contribution in [0.4, 0.5) is 0 Å². The number of azide groups is 1. The molecule has 18 heavy (non-hydrogen) atoms. The molecule has 0 bridgehead atoms. The zero-order valence-electron chi connectivity index (χ0n) is 11.5. The molecule has 0 N–H and O–H groups in total. The third kappa shape index (κ3) is 4.88. The Morgan fingerprint density at radius 1 is 1.22 bits per heavy atom. The van der Waals surface area contributed by atoms with Crippen LogP contribution in [0.25, 0.3) is 10.4 Å². The minimum absolute atomic E-state index is 0.0867. The molecule has 102 valence electrons. The van der Waals surface area contributed by atoms with E-state index in [2.05, 4.69) is 10.0 Å². The van der Waals surface area contributed by atoms with Crippen molar-refractivity contribution in [3.8, 4) is 0 Å². The van der Waals surface area contributed by atoms with E-state index in [0.717, 1.165) is 12.8 Å². The molecule has 0 aromatic heterocycles. The number of hydrogen-bond donors (Lipinski definition) is 0. The van der Waals surface area contributed by atoms with Gasteiger partial charge in [0.2, 0.25) is 0 Å². The van der Waals surface area contributed by atoms with Crippen molar-refractivity contribution >= 4 is 7.12 Å². The van der Waals surface area contributed by atoms with Crippen LogP contribution in [-0.4, -0.2) is 26.9 Å². The highest BCUT2D eigenvalue weighted by Crippen LogP contribution is 2.39. The number of hydrogen-bond acceptors (Lipinski definition) is 3. The molecule has 0 spiro atoms. The molecule has 6 heteroatoms. The Morgan fingerprint density at radius 3 is 2.50 bits per heavy atom. The molecule has 5 nitrogen and oxygen atoms in total. The van der Waals surface area contributed by atoms with Crippen molar-refractivity contribution in [3.05, 3.63) is 10.4 Å². The van der Waals surface area contributed by atoms with Crippen LogP contribution in [0.15, 0.2) is 5.11 Å². The fourth-order valence-corrected chi connectivity index (χ4v) is 2.85. The minimum atomic E-state index is -0.0867. The van der Waals surface area contributed by atoms with Crippen molar-refractivity contribution in [2.75, 3.05) is 19.8 Å². The van der Waals surface area contributed by atoms with Gasteiger partial charge in [-0.15, -0.1) is 0 Å². The van der Waals surface area contributed by atoms with Gasteiger partial charge in [0.05, 0.1) is 0 Å². The lowest BCUT2D eigenvalue weighted by Gasteiger charge is -2.33. The number of nitrogens with zero attached hydrogens (tertiary/aromatic N) is 3. The smallest absolute Gasteiger partial charge is 0.411 e. The van der Waals surface area contributed by atoms with E-state index in [1.807, 2.05) is 13.8 Å². The molecule has 1 saturated carbocycles. The second-order valence-electron chi connectivity index (χ2n) is 4.73. The quantitative estimate of drug-likeness (QED) is 0.285. The largest absolute Gasteiger partial charge is 0.460 e. The summed E-state index contributed by atoms with van der Waals surface area (Å²) in [6.45, 7) is 5.96. The molecule has 1 rings (SSSR count). The first kappa shape index (κ1) is 15.4. The minimum Gasteiger partial charge on any atom is -0.411 e. The van der Waals surface area contributed by atoms with Gasteiger partial charge in [-0.25, -0.2) is 0 Å². The van der Waals surface area contributed by atoms with Crippen molar-refractivity contribution in [1.82, 2.24) is 0 Å². The molecule has 1 aliphatic rings. The van der Waals surface area contributed by atoms with Crippen LogP contribution in [0.5, 0.6) is 0 Å². The van der Waals surface area contributed by atoms with Gasteiger partial charge in [-0.2, -0.15) is 0 Å². The standard InChI is InChI=1S/C12H24BN3O2/c1-3-17-13(18-4-2)12-8-6-5-7-11(12)9-10-15-16-14/h11-12H,3-10H2,1-2H3/t11-,12+/m1/s1. The highest BCUT2D eigenvalue weighted by atomic mass is 16.6. The first-order valence-corrected chi connectivity index (χ1v) is 7.07. The van der Waals surface area contributed by atoms with Crippen molar-refractivity contribution in [2.24, 2.45) is 11.0 Å². The Labute approximate surface area is 110 Å². The molecule has 0 aromatic carbocycles. The molecular weight excluding hydrogens is 229 g/mol. The Morgan fingerprint density at radius 2 is 1.89 bits per heavy atom. The van der Waals surface area contributed by atoms with Crippen molar-refractivity contribution < 1.29 is 9.31 Å². The lowest BCUT2D eigenvalue weighted by molar-refractivity contribution is 0.178. The first-order valence-electron chi connectivity index (χ1n) is 7.07. The summed E-state index contributed by atoms with van der Waals surface area (Å²) in [4.78, 5) is 2.83. The lowest BCUT2D eigenvalue weighted by Crippen LogP contribution is -2.35. The average molecular weight is 253 g/mol. The molecule has 0 aromatic rings. The van der Waals surface area contributed by atoms with Crippen LogP contribution in [-0.2, 0) is 9.31 Å². The van der Waals surface area contributed by atoms with E-state index >= 15 is 0 Å². The highest BCUT2D eigenvalue weighted by molar-refractivity contribution is 6.46. The second-order valence-corrected chi connectivity index (χ2v) is 4.73. The predicted molar refractivity (Wildman–Crippen MR) is 73.3 cm³/mol. The summed E-state index contributed by atoms with van der Waals surface area (Å²) in [5, 5.41) is 3.65. The van der Waals surface area contributed by atoms with Crippen LogP contribution in [0, 0.1) is 5.92 Å². The second kappa shape index (κ2) is 9.25. The molecule has 1 fully saturated rings. The molecule has 0 radical (unpaired) electrons. The van der Waals surface area contributed by atoms with Crippen LogP contribution in [0.3, 0.4) is 0 Å². The Kier molecular flexibility index (Phi) is 7.89. The van der Waals surface area contributed by atoms with Gasteiger partial charge in [0, 0.05) is 24.7 Å². The van der Waals surface area contributed by atoms with Crippen molar-refractivity contribution in [2.45, 2.75) is 51.8 Å². The first-order chi connectivity index (χ1) is 8.83. The molecule has 2 atom stereocenters. The maximum Gasteiger partial charge on any atom is 0.460 e. The van der Waals surface area contributed by atoms with Crippen molar-refractivity contribution in [3.63, 3.8) is 0 Å². The van der Waals surface area contributed by atoms with Gasteiger partial charge >= 0.3 is 7.12 Å². The lowest BCUT2D eigenvalue weighted by atomic mass is 9.58. The van der Waals surface area contributed by atoms with Gasteiger partial charge < -0.3 is 9.31 Å². The molecule has 0 unspecified atom stereocenters. The molecule has 0 aliphatic heterocycles. The molecule has 0 saturated heterocycles. The third-order valence-corrected chi connectivity index (χ3v) is 3.64. The van der Waals surface area contributed by atoms with Crippen LogP contribution in [0.1, 0.15) is 46.0 Å². The Bertz CT molecular complexity index is 266. The summed E-state index contributed by atoms with van der Waals surface area (Å²) in [5.41, 5.74) is 8.35. The van der Waals surface area contributed by atoms with E-state index in [-0.39, 0.29) is 7.12 Å². The molecular formula is C12H24BN3O2. The summed E-state index contributed by atoms with van der Waals surface area (Å²) >= 11 is 0. The highest BCUT2D eigenvalue weighted by Gasteiger charge is 2.37. The van der Waals surface area contributed by atoms with Crippen molar-refractivity contribution in [1.29, 1.82) is 0 Å². The van der Waals surface area contributed by atoms with Gasteiger partial charge in [-0.1, -0.05) is 30.8 Å². The summed E-state index contributed by atoms with van der Waals surface area (Å²) in [6.07, 6.45) is 5.82. The average Bonchev–Trinajstić information content (AvgIpc) is 2.39. The molecule has 1 aliphatic carbocycles. The van der Waals surface area contributed by atoms with E-state index in [4.69, 9.17) is 14.8 Å². The van der Waals surface area contributed by atoms with Gasteiger partial charge in [0.25, 0.3) is 0 Å². The van der Waals surface area contributed by atoms with E-state index in [1.165, 1.54) is 19.3 Å². The zero-order chi connectivity index (χ0) is 13.2. The van der Waals surface area contributed by atoms with Crippen LogP contribution in [0.2, 0.25) is 5.82 Å². The fourth-order valence-electron chi connectivity index (χ4n) is 2.85. The Balaban J connectivity index is 2.56.